The van der Waals surface area contributed by atoms with E-state index in [4.69, 9.17) is 4.74 Å². The highest BCUT2D eigenvalue weighted by Gasteiger charge is 2.25. The van der Waals surface area contributed by atoms with Crippen LogP contribution in [0.15, 0.2) is 67.3 Å². The molecule has 1 unspecified atom stereocenters. The van der Waals surface area contributed by atoms with Gasteiger partial charge in [0.25, 0.3) is 5.91 Å². The maximum absolute atomic E-state index is 12.8. The highest BCUT2D eigenvalue weighted by Crippen LogP contribution is 2.23. The minimum Gasteiger partial charge on any atom is -0.370 e. The molecule has 1 atom stereocenters. The predicted molar refractivity (Wildman–Crippen MR) is 96.6 cm³/mol. The average Bonchev–Trinajstić information content (AvgIpc) is 3.22. The third kappa shape index (κ3) is 3.65. The fourth-order valence-electron chi connectivity index (χ4n) is 3.14. The van der Waals surface area contributed by atoms with Gasteiger partial charge in [0, 0.05) is 12.1 Å². The van der Waals surface area contributed by atoms with Crippen LogP contribution in [0, 0.1) is 0 Å². The lowest BCUT2D eigenvalue weighted by molar-refractivity contribution is -0.0228. The first-order valence-electron chi connectivity index (χ1n) is 8.67. The zero-order valence-electron chi connectivity index (χ0n) is 14.4. The van der Waals surface area contributed by atoms with Crippen molar-refractivity contribution in [1.82, 2.24) is 19.7 Å². The Labute approximate surface area is 152 Å². The van der Waals surface area contributed by atoms with Gasteiger partial charge in [-0.2, -0.15) is 5.10 Å². The molecule has 0 radical (unpaired) electrons. The molecular weight excluding hydrogens is 328 g/mol. The van der Waals surface area contributed by atoms with Gasteiger partial charge in [-0.1, -0.05) is 42.5 Å². The van der Waals surface area contributed by atoms with E-state index in [9.17, 15) is 4.79 Å². The average molecular weight is 348 g/mol. The van der Waals surface area contributed by atoms with Gasteiger partial charge in [-0.05, 0) is 23.3 Å². The Morgan fingerprint density at radius 2 is 1.92 bits per heavy atom. The van der Waals surface area contributed by atoms with E-state index in [-0.39, 0.29) is 12.0 Å². The van der Waals surface area contributed by atoms with Gasteiger partial charge < -0.3 is 9.64 Å². The molecule has 1 amide bonds. The molecule has 2 aromatic carbocycles. The lowest BCUT2D eigenvalue weighted by Crippen LogP contribution is -2.42. The largest absolute Gasteiger partial charge is 0.370 e. The monoisotopic (exact) mass is 348 g/mol. The number of nitrogens with zero attached hydrogens (tertiary/aromatic N) is 4. The van der Waals surface area contributed by atoms with Crippen molar-refractivity contribution in [2.24, 2.45) is 0 Å². The molecule has 1 fully saturated rings. The van der Waals surface area contributed by atoms with Gasteiger partial charge in [-0.3, -0.25) is 4.79 Å². The number of benzene rings is 2. The Morgan fingerprint density at radius 3 is 2.65 bits per heavy atom. The van der Waals surface area contributed by atoms with Gasteiger partial charge in [0.05, 0.1) is 19.7 Å². The molecule has 0 N–H and O–H groups in total. The van der Waals surface area contributed by atoms with Gasteiger partial charge in [-0.15, -0.1) is 0 Å². The molecule has 6 nitrogen and oxygen atoms in total. The fourth-order valence-corrected chi connectivity index (χ4v) is 3.14. The van der Waals surface area contributed by atoms with Crippen LogP contribution in [0.5, 0.6) is 0 Å². The minimum absolute atomic E-state index is 0.0431. The van der Waals surface area contributed by atoms with Gasteiger partial charge in [0.15, 0.2) is 0 Å². The Bertz CT molecular complexity index is 847. The van der Waals surface area contributed by atoms with Crippen LogP contribution in [0.2, 0.25) is 0 Å². The number of hydrogen-bond donors (Lipinski definition) is 0. The quantitative estimate of drug-likeness (QED) is 0.727. The Hall–Kier alpha value is -2.99. The van der Waals surface area contributed by atoms with Crippen molar-refractivity contribution in [3.8, 4) is 0 Å². The number of aromatic nitrogens is 3. The molecule has 0 bridgehead atoms. The van der Waals surface area contributed by atoms with Crippen molar-refractivity contribution in [3.63, 3.8) is 0 Å². The molecular formula is C20H20N4O2. The summed E-state index contributed by atoms with van der Waals surface area (Å²) < 4.78 is 7.60. The molecule has 3 aromatic rings. The molecule has 1 saturated heterocycles. The van der Waals surface area contributed by atoms with Crippen molar-refractivity contribution in [3.05, 3.63) is 83.9 Å². The lowest BCUT2D eigenvalue weighted by atomic mass is 10.1. The zero-order valence-corrected chi connectivity index (χ0v) is 14.4. The maximum atomic E-state index is 12.8. The van der Waals surface area contributed by atoms with Crippen molar-refractivity contribution >= 4 is 5.91 Å². The topological polar surface area (TPSA) is 60.2 Å². The number of ether oxygens (including phenoxy) is 1. The second-order valence-electron chi connectivity index (χ2n) is 6.31. The van der Waals surface area contributed by atoms with E-state index in [0.29, 0.717) is 31.8 Å². The summed E-state index contributed by atoms with van der Waals surface area (Å²) >= 11 is 0. The summed E-state index contributed by atoms with van der Waals surface area (Å²) in [5.74, 6) is 0.0431. The highest BCUT2D eigenvalue weighted by atomic mass is 16.5. The minimum atomic E-state index is -0.0690. The molecule has 0 spiro atoms. The predicted octanol–water partition coefficient (Wildman–Crippen LogP) is 2.54. The summed E-state index contributed by atoms with van der Waals surface area (Å²) in [7, 11) is 0. The van der Waals surface area contributed by atoms with Crippen LogP contribution in [0.25, 0.3) is 0 Å². The van der Waals surface area contributed by atoms with E-state index < -0.39 is 0 Å². The van der Waals surface area contributed by atoms with Crippen molar-refractivity contribution in [1.29, 1.82) is 0 Å². The Kier molecular flexibility index (Phi) is 4.75. The third-order valence-corrected chi connectivity index (χ3v) is 4.54. The molecule has 1 aliphatic heterocycles. The van der Waals surface area contributed by atoms with Crippen LogP contribution in [-0.4, -0.2) is 45.3 Å². The summed E-state index contributed by atoms with van der Waals surface area (Å²) in [6.45, 7) is 2.38. The number of amides is 1. The van der Waals surface area contributed by atoms with Crippen molar-refractivity contribution in [2.45, 2.75) is 12.6 Å². The molecule has 2 heterocycles. The number of carbonyl (C=O) groups is 1. The summed E-state index contributed by atoms with van der Waals surface area (Å²) in [5, 5.41) is 4.10. The first kappa shape index (κ1) is 16.5. The third-order valence-electron chi connectivity index (χ3n) is 4.54. The molecule has 1 aliphatic rings. The number of rotatable bonds is 4. The lowest BCUT2D eigenvalue weighted by Gasteiger charge is -2.33. The van der Waals surface area contributed by atoms with Crippen LogP contribution < -0.4 is 0 Å². The van der Waals surface area contributed by atoms with Crippen molar-refractivity contribution < 1.29 is 9.53 Å². The molecule has 132 valence electrons. The van der Waals surface area contributed by atoms with Gasteiger partial charge in [-0.25, -0.2) is 9.67 Å². The van der Waals surface area contributed by atoms with E-state index >= 15 is 0 Å². The smallest absolute Gasteiger partial charge is 0.254 e. The van der Waals surface area contributed by atoms with Crippen LogP contribution in [0.4, 0.5) is 0 Å². The summed E-state index contributed by atoms with van der Waals surface area (Å²) in [6.07, 6.45) is 3.12. The van der Waals surface area contributed by atoms with Gasteiger partial charge in [0.1, 0.15) is 18.8 Å². The van der Waals surface area contributed by atoms with Crippen molar-refractivity contribution in [2.75, 3.05) is 19.7 Å². The molecule has 6 heteroatoms. The SMILES string of the molecule is O=C(c1ccc(Cn2cncn2)cc1)N1CCOC(c2ccccc2)C1. The molecule has 1 aromatic heterocycles. The van der Waals surface area contributed by atoms with Crippen LogP contribution in [0.1, 0.15) is 27.6 Å². The maximum Gasteiger partial charge on any atom is 0.254 e. The summed E-state index contributed by atoms with van der Waals surface area (Å²) in [4.78, 5) is 18.7. The fraction of sp³-hybridized carbons (Fsp3) is 0.250. The second-order valence-corrected chi connectivity index (χ2v) is 6.31. The van der Waals surface area contributed by atoms with Gasteiger partial charge in [0.2, 0.25) is 0 Å². The van der Waals surface area contributed by atoms with Crippen LogP contribution in [0.3, 0.4) is 0 Å². The van der Waals surface area contributed by atoms with E-state index in [1.165, 1.54) is 6.33 Å². The van der Waals surface area contributed by atoms with E-state index in [1.54, 1.807) is 11.0 Å². The van der Waals surface area contributed by atoms with Crippen LogP contribution in [-0.2, 0) is 11.3 Å². The number of carbonyl (C=O) groups excluding carboxylic acids is 1. The molecule has 4 rings (SSSR count). The normalized spacial score (nSPS) is 17.2. The molecule has 0 aliphatic carbocycles. The second kappa shape index (κ2) is 7.49. The standard InChI is InChI=1S/C20H20N4O2/c25-20(18-8-6-16(7-9-18)12-24-15-21-14-22-24)23-10-11-26-19(13-23)17-4-2-1-3-5-17/h1-9,14-15,19H,10-13H2. The van der Waals surface area contributed by atoms with E-state index in [1.807, 2.05) is 59.5 Å². The highest BCUT2D eigenvalue weighted by molar-refractivity contribution is 5.94. The number of hydrogen-bond acceptors (Lipinski definition) is 4. The molecule has 0 saturated carbocycles. The summed E-state index contributed by atoms with van der Waals surface area (Å²) in [6, 6.07) is 17.7. The van der Waals surface area contributed by atoms with Gasteiger partial charge >= 0.3 is 0 Å². The van der Waals surface area contributed by atoms with Crippen LogP contribution >= 0.6 is 0 Å². The first-order valence-corrected chi connectivity index (χ1v) is 8.67. The number of morpholine rings is 1. The van der Waals surface area contributed by atoms with E-state index in [2.05, 4.69) is 10.1 Å². The first-order chi connectivity index (χ1) is 12.8. The Balaban J connectivity index is 1.43. The molecule has 26 heavy (non-hydrogen) atoms. The zero-order chi connectivity index (χ0) is 17.8. The van der Waals surface area contributed by atoms with E-state index in [0.717, 1.165) is 11.1 Å². The Morgan fingerprint density at radius 1 is 1.12 bits per heavy atom. The summed E-state index contributed by atoms with van der Waals surface area (Å²) in [5.41, 5.74) is 2.88.